The van der Waals surface area contributed by atoms with Gasteiger partial charge in [-0.25, -0.2) is 14.4 Å². The van der Waals surface area contributed by atoms with Crippen molar-refractivity contribution in [2.45, 2.75) is 6.92 Å². The van der Waals surface area contributed by atoms with Crippen molar-refractivity contribution < 1.29 is 4.39 Å². The van der Waals surface area contributed by atoms with Crippen molar-refractivity contribution in [3.63, 3.8) is 0 Å². The minimum Gasteiger partial charge on any atom is -0.370 e. The number of benzene rings is 1. The molecule has 0 spiro atoms. The van der Waals surface area contributed by atoms with Gasteiger partial charge in [-0.15, -0.1) is 0 Å². The maximum Gasteiger partial charge on any atom is 0.224 e. The van der Waals surface area contributed by atoms with Crippen LogP contribution in [-0.2, 0) is 0 Å². The van der Waals surface area contributed by atoms with Crippen LogP contribution < -0.4 is 5.32 Å². The van der Waals surface area contributed by atoms with Crippen molar-refractivity contribution >= 4 is 55.9 Å². The molecule has 0 amide bonds. The highest BCUT2D eigenvalue weighted by Crippen LogP contribution is 2.35. The molecule has 1 heterocycles. The van der Waals surface area contributed by atoms with Gasteiger partial charge in [-0.3, -0.25) is 0 Å². The van der Waals surface area contributed by atoms with Crippen LogP contribution in [0.3, 0.4) is 0 Å². The lowest BCUT2D eigenvalue weighted by atomic mass is 10.2. The van der Waals surface area contributed by atoms with Crippen molar-refractivity contribution in [3.8, 4) is 0 Å². The van der Waals surface area contributed by atoms with Crippen LogP contribution in [0.1, 0.15) is 6.92 Å². The number of hydrogen-bond donors (Lipinski definition) is 1. The Hall–Kier alpha value is -0.650. The molecule has 0 aliphatic rings. The van der Waals surface area contributed by atoms with Gasteiger partial charge in [0.1, 0.15) is 5.82 Å². The van der Waals surface area contributed by atoms with Crippen LogP contribution in [0.25, 0.3) is 10.9 Å². The highest BCUT2D eigenvalue weighted by atomic mass is 79.9. The van der Waals surface area contributed by atoms with Gasteiger partial charge in [0.2, 0.25) is 5.28 Å². The summed E-state index contributed by atoms with van der Waals surface area (Å²) in [5, 5.41) is 3.60. The smallest absolute Gasteiger partial charge is 0.224 e. The first-order chi connectivity index (χ1) is 8.04. The van der Waals surface area contributed by atoms with Gasteiger partial charge in [0.05, 0.1) is 20.4 Å². The third-order valence-corrected chi connectivity index (χ3v) is 3.33. The van der Waals surface area contributed by atoms with E-state index in [1.54, 1.807) is 0 Å². The van der Waals surface area contributed by atoms with Crippen LogP contribution in [0.4, 0.5) is 10.2 Å². The van der Waals surface area contributed by atoms with Crippen LogP contribution in [-0.4, -0.2) is 16.5 Å². The molecule has 7 heteroatoms. The lowest BCUT2D eigenvalue weighted by molar-refractivity contribution is 0.623. The predicted molar refractivity (Wildman–Crippen MR) is 71.4 cm³/mol. The first-order valence-corrected chi connectivity index (χ1v) is 6.34. The molecule has 2 rings (SSSR count). The van der Waals surface area contributed by atoms with Gasteiger partial charge in [0.25, 0.3) is 0 Å². The normalized spacial score (nSPS) is 10.9. The van der Waals surface area contributed by atoms with Gasteiger partial charge >= 0.3 is 0 Å². The first-order valence-electron chi connectivity index (χ1n) is 4.79. The van der Waals surface area contributed by atoms with Gasteiger partial charge in [0.15, 0.2) is 5.82 Å². The summed E-state index contributed by atoms with van der Waals surface area (Å²) in [6.45, 7) is 2.54. The minimum absolute atomic E-state index is 0.0124. The number of nitrogens with one attached hydrogen (secondary N) is 1. The molecule has 90 valence electrons. The van der Waals surface area contributed by atoms with Crippen LogP contribution in [0.15, 0.2) is 10.5 Å². The van der Waals surface area contributed by atoms with Crippen molar-refractivity contribution in [3.05, 3.63) is 26.7 Å². The van der Waals surface area contributed by atoms with E-state index in [1.165, 1.54) is 6.07 Å². The average molecular weight is 339 g/mol. The summed E-state index contributed by atoms with van der Waals surface area (Å²) in [4.78, 5) is 8.04. The fraction of sp³-hybridized carbons (Fsp3) is 0.200. The highest BCUT2D eigenvalue weighted by Gasteiger charge is 2.16. The Morgan fingerprint density at radius 1 is 1.41 bits per heavy atom. The molecule has 2 aromatic rings. The SMILES string of the molecule is CCNc1nc(Cl)nc2cc(Cl)c(F)c(Br)c12. The second-order valence-electron chi connectivity index (χ2n) is 3.25. The van der Waals surface area contributed by atoms with E-state index in [0.29, 0.717) is 23.3 Å². The Balaban J connectivity index is 2.85. The molecule has 0 radical (unpaired) electrons. The molecule has 0 aliphatic heterocycles. The largest absolute Gasteiger partial charge is 0.370 e. The van der Waals surface area contributed by atoms with E-state index in [4.69, 9.17) is 23.2 Å². The molecular formula is C10H7BrCl2FN3. The van der Waals surface area contributed by atoms with E-state index >= 15 is 0 Å². The van der Waals surface area contributed by atoms with Crippen LogP contribution in [0, 0.1) is 5.82 Å². The Morgan fingerprint density at radius 2 is 2.12 bits per heavy atom. The van der Waals surface area contributed by atoms with E-state index < -0.39 is 5.82 Å². The lowest BCUT2D eigenvalue weighted by Crippen LogP contribution is -2.02. The topological polar surface area (TPSA) is 37.8 Å². The van der Waals surface area contributed by atoms with Gasteiger partial charge in [-0.05, 0) is 40.5 Å². The third-order valence-electron chi connectivity index (χ3n) is 2.14. The fourth-order valence-corrected chi connectivity index (χ4v) is 2.56. The standard InChI is InChI=1S/C10H7BrCl2FN3/c1-2-15-9-6-5(16-10(13)17-9)3-4(12)8(14)7(6)11/h3H,2H2,1H3,(H,15,16,17). The van der Waals surface area contributed by atoms with Crippen molar-refractivity contribution in [2.75, 3.05) is 11.9 Å². The molecule has 0 fully saturated rings. The highest BCUT2D eigenvalue weighted by molar-refractivity contribution is 9.10. The van der Waals surface area contributed by atoms with Crippen LogP contribution in [0.2, 0.25) is 10.3 Å². The van der Waals surface area contributed by atoms with Gasteiger partial charge in [-0.1, -0.05) is 11.6 Å². The number of halogens is 4. The third kappa shape index (κ3) is 2.32. The van der Waals surface area contributed by atoms with E-state index in [0.717, 1.165) is 0 Å². The second kappa shape index (κ2) is 4.92. The van der Waals surface area contributed by atoms with E-state index in [2.05, 4.69) is 31.2 Å². The molecule has 1 N–H and O–H groups in total. The van der Waals surface area contributed by atoms with Gasteiger partial charge in [-0.2, -0.15) is 0 Å². The van der Waals surface area contributed by atoms with E-state index in [9.17, 15) is 4.39 Å². The molecule has 17 heavy (non-hydrogen) atoms. The summed E-state index contributed by atoms with van der Waals surface area (Å²) in [7, 11) is 0. The van der Waals surface area contributed by atoms with E-state index in [1.807, 2.05) is 6.92 Å². The number of anilines is 1. The summed E-state index contributed by atoms with van der Waals surface area (Å²) >= 11 is 14.7. The van der Waals surface area contributed by atoms with Crippen molar-refractivity contribution in [1.82, 2.24) is 9.97 Å². The first kappa shape index (κ1) is 12.8. The second-order valence-corrected chi connectivity index (χ2v) is 4.79. The van der Waals surface area contributed by atoms with Crippen LogP contribution >= 0.6 is 39.1 Å². The predicted octanol–water partition coefficient (Wildman–Crippen LogP) is 4.27. The number of hydrogen-bond acceptors (Lipinski definition) is 3. The van der Waals surface area contributed by atoms with Gasteiger partial charge in [0, 0.05) is 6.54 Å². The quantitative estimate of drug-likeness (QED) is 0.656. The molecule has 0 saturated heterocycles. The average Bonchev–Trinajstić information content (AvgIpc) is 2.25. The molecular weight excluding hydrogens is 332 g/mol. The zero-order valence-corrected chi connectivity index (χ0v) is 11.8. The molecule has 1 aromatic carbocycles. The zero-order chi connectivity index (χ0) is 12.6. The zero-order valence-electron chi connectivity index (χ0n) is 8.69. The lowest BCUT2D eigenvalue weighted by Gasteiger charge is -2.10. The molecule has 0 atom stereocenters. The van der Waals surface area contributed by atoms with Crippen LogP contribution in [0.5, 0.6) is 0 Å². The summed E-state index contributed by atoms with van der Waals surface area (Å²) in [6.07, 6.45) is 0. The number of fused-ring (bicyclic) bond motifs is 1. The Morgan fingerprint density at radius 3 is 2.76 bits per heavy atom. The summed E-state index contributed by atoms with van der Waals surface area (Å²) in [5.74, 6) is -0.0609. The Kier molecular flexibility index (Phi) is 3.70. The Labute approximate surface area is 115 Å². The molecule has 1 aromatic heterocycles. The molecule has 0 unspecified atom stereocenters. The maximum absolute atomic E-state index is 13.7. The van der Waals surface area contributed by atoms with Crippen molar-refractivity contribution in [1.29, 1.82) is 0 Å². The molecule has 0 saturated carbocycles. The summed E-state index contributed by atoms with van der Waals surface area (Å²) < 4.78 is 13.9. The number of rotatable bonds is 2. The van der Waals surface area contributed by atoms with Gasteiger partial charge < -0.3 is 5.32 Å². The number of nitrogens with zero attached hydrogens (tertiary/aromatic N) is 2. The Bertz CT molecular complexity index is 592. The fourth-order valence-electron chi connectivity index (χ4n) is 1.46. The van der Waals surface area contributed by atoms with Crippen molar-refractivity contribution in [2.24, 2.45) is 0 Å². The minimum atomic E-state index is -0.538. The summed E-state index contributed by atoms with van der Waals surface area (Å²) in [6, 6.07) is 1.42. The molecule has 0 bridgehead atoms. The molecule has 3 nitrogen and oxygen atoms in total. The molecule has 0 aliphatic carbocycles. The monoisotopic (exact) mass is 337 g/mol. The summed E-state index contributed by atoms with van der Waals surface area (Å²) in [5.41, 5.74) is 0.485. The number of aromatic nitrogens is 2. The maximum atomic E-state index is 13.7. The van der Waals surface area contributed by atoms with E-state index in [-0.39, 0.29) is 14.8 Å².